The molecule has 0 heterocycles. The van der Waals surface area contributed by atoms with Gasteiger partial charge in [-0.05, 0) is 30.9 Å². The van der Waals surface area contributed by atoms with Gasteiger partial charge in [-0.25, -0.2) is 4.79 Å². The van der Waals surface area contributed by atoms with Gasteiger partial charge in [0.15, 0.2) is 0 Å². The summed E-state index contributed by atoms with van der Waals surface area (Å²) in [5.41, 5.74) is 2.02. The zero-order valence-corrected chi connectivity index (χ0v) is 12.5. The van der Waals surface area contributed by atoms with Crippen LogP contribution in [-0.4, -0.2) is 23.0 Å². The van der Waals surface area contributed by atoms with Gasteiger partial charge in [-0.1, -0.05) is 43.5 Å². The predicted molar refractivity (Wildman–Crippen MR) is 81.0 cm³/mol. The first-order valence-corrected chi connectivity index (χ1v) is 7.65. The monoisotopic (exact) mass is 289 g/mol. The van der Waals surface area contributed by atoms with Crippen LogP contribution < -0.4 is 5.32 Å². The van der Waals surface area contributed by atoms with Gasteiger partial charge in [-0.2, -0.15) is 0 Å². The fourth-order valence-corrected chi connectivity index (χ4v) is 2.91. The maximum atomic E-state index is 12.2. The maximum absolute atomic E-state index is 12.2. The molecule has 1 saturated carbocycles. The minimum atomic E-state index is -0.970. The Bertz CT molecular complexity index is 507. The largest absolute Gasteiger partial charge is 0.480 e. The molecule has 2 rings (SSSR count). The maximum Gasteiger partial charge on any atom is 0.326 e. The lowest BCUT2D eigenvalue weighted by Gasteiger charge is -2.23. The Hall–Kier alpha value is -1.84. The second-order valence-corrected chi connectivity index (χ2v) is 5.86. The Morgan fingerprint density at radius 1 is 1.24 bits per heavy atom. The minimum absolute atomic E-state index is 0.0162. The lowest BCUT2D eigenvalue weighted by atomic mass is 9.88. The molecule has 1 fully saturated rings. The number of hydrogen-bond donors (Lipinski definition) is 2. The highest BCUT2D eigenvalue weighted by Gasteiger charge is 2.26. The highest BCUT2D eigenvalue weighted by molar-refractivity contribution is 5.85. The first kappa shape index (κ1) is 15.5. The number of carbonyl (C=O) groups excluding carboxylic acids is 1. The number of carboxylic acid groups (broad SMARTS) is 1. The fourth-order valence-electron chi connectivity index (χ4n) is 2.91. The smallest absolute Gasteiger partial charge is 0.326 e. The second kappa shape index (κ2) is 7.25. The molecular formula is C17H23NO3. The lowest BCUT2D eigenvalue weighted by Crippen LogP contribution is -2.45. The fraction of sp³-hybridized carbons (Fsp3) is 0.529. The minimum Gasteiger partial charge on any atom is -0.480 e. The second-order valence-electron chi connectivity index (χ2n) is 5.86. The molecule has 1 amide bonds. The molecule has 0 saturated heterocycles. The zero-order chi connectivity index (χ0) is 15.2. The molecule has 1 aromatic rings. The highest BCUT2D eigenvalue weighted by Crippen LogP contribution is 2.24. The molecule has 21 heavy (non-hydrogen) atoms. The van der Waals surface area contributed by atoms with Gasteiger partial charge in [0.1, 0.15) is 6.04 Å². The molecule has 4 heteroatoms. The molecule has 0 unspecified atom stereocenters. The number of benzene rings is 1. The Kier molecular flexibility index (Phi) is 5.37. The summed E-state index contributed by atoms with van der Waals surface area (Å²) in [6.45, 7) is 1.96. The van der Waals surface area contributed by atoms with Crippen molar-refractivity contribution in [1.82, 2.24) is 5.32 Å². The first-order valence-electron chi connectivity index (χ1n) is 7.65. The van der Waals surface area contributed by atoms with E-state index in [4.69, 9.17) is 0 Å². The van der Waals surface area contributed by atoms with Crippen LogP contribution in [0, 0.1) is 12.8 Å². The summed E-state index contributed by atoms with van der Waals surface area (Å²) in [4.78, 5) is 23.6. The lowest BCUT2D eigenvalue weighted by molar-refractivity contribution is -0.142. The van der Waals surface area contributed by atoms with E-state index < -0.39 is 12.0 Å². The third-order valence-corrected chi connectivity index (χ3v) is 4.28. The molecule has 0 aromatic heterocycles. The number of nitrogens with one attached hydrogen (secondary N) is 1. The van der Waals surface area contributed by atoms with Crippen LogP contribution in [0.15, 0.2) is 24.3 Å². The third kappa shape index (κ3) is 4.31. The molecule has 2 N–H and O–H groups in total. The van der Waals surface area contributed by atoms with Crippen molar-refractivity contribution in [2.75, 3.05) is 0 Å². The summed E-state index contributed by atoms with van der Waals surface area (Å²) in [5, 5.41) is 12.1. The van der Waals surface area contributed by atoms with E-state index in [1.165, 1.54) is 6.42 Å². The van der Waals surface area contributed by atoms with E-state index in [0.29, 0.717) is 6.42 Å². The SMILES string of the molecule is Cc1ccccc1C[C@@H](NC(=O)C1CCCCC1)C(=O)O. The Balaban J connectivity index is 2.00. The summed E-state index contributed by atoms with van der Waals surface area (Å²) < 4.78 is 0. The van der Waals surface area contributed by atoms with Gasteiger partial charge in [-0.3, -0.25) is 4.79 Å². The summed E-state index contributed by atoms with van der Waals surface area (Å²) in [6, 6.07) is 6.84. The molecule has 1 aliphatic carbocycles. The Morgan fingerprint density at radius 3 is 2.52 bits per heavy atom. The number of aliphatic carboxylic acids is 1. The van der Waals surface area contributed by atoms with E-state index in [0.717, 1.165) is 36.8 Å². The van der Waals surface area contributed by atoms with Crippen LogP contribution in [-0.2, 0) is 16.0 Å². The first-order chi connectivity index (χ1) is 10.1. The van der Waals surface area contributed by atoms with Crippen LogP contribution in [0.3, 0.4) is 0 Å². The molecule has 0 bridgehead atoms. The van der Waals surface area contributed by atoms with Gasteiger partial charge in [0, 0.05) is 12.3 Å². The van der Waals surface area contributed by atoms with Crippen molar-refractivity contribution < 1.29 is 14.7 Å². The van der Waals surface area contributed by atoms with Gasteiger partial charge in [-0.15, -0.1) is 0 Å². The molecule has 1 aliphatic rings. The zero-order valence-electron chi connectivity index (χ0n) is 12.5. The van der Waals surface area contributed by atoms with Crippen molar-refractivity contribution in [3.8, 4) is 0 Å². The molecule has 0 aliphatic heterocycles. The molecule has 1 aromatic carbocycles. The van der Waals surface area contributed by atoms with Crippen molar-refractivity contribution in [2.24, 2.45) is 5.92 Å². The van der Waals surface area contributed by atoms with E-state index in [2.05, 4.69) is 5.32 Å². The van der Waals surface area contributed by atoms with Gasteiger partial charge < -0.3 is 10.4 Å². The summed E-state index contributed by atoms with van der Waals surface area (Å²) >= 11 is 0. The van der Waals surface area contributed by atoms with Crippen molar-refractivity contribution in [3.63, 3.8) is 0 Å². The number of carboxylic acids is 1. The topological polar surface area (TPSA) is 66.4 Å². The third-order valence-electron chi connectivity index (χ3n) is 4.28. The van der Waals surface area contributed by atoms with Crippen molar-refractivity contribution in [1.29, 1.82) is 0 Å². The molecule has 114 valence electrons. The number of amides is 1. The summed E-state index contributed by atoms with van der Waals surface area (Å²) in [5.74, 6) is -1.09. The molecule has 4 nitrogen and oxygen atoms in total. The van der Waals surface area contributed by atoms with Crippen LogP contribution in [0.5, 0.6) is 0 Å². The van der Waals surface area contributed by atoms with Gasteiger partial charge in [0.2, 0.25) is 5.91 Å². The van der Waals surface area contributed by atoms with Crippen LogP contribution in [0.25, 0.3) is 0 Å². The molecule has 0 radical (unpaired) electrons. The summed E-state index contributed by atoms with van der Waals surface area (Å²) in [6.07, 6.45) is 5.39. The Labute approximate surface area is 125 Å². The average Bonchev–Trinajstić information content (AvgIpc) is 2.49. The van der Waals surface area contributed by atoms with E-state index in [-0.39, 0.29) is 11.8 Å². The highest BCUT2D eigenvalue weighted by atomic mass is 16.4. The molecule has 1 atom stereocenters. The van der Waals surface area contributed by atoms with Crippen LogP contribution in [0.4, 0.5) is 0 Å². The number of aryl methyl sites for hydroxylation is 1. The summed E-state index contributed by atoms with van der Waals surface area (Å²) in [7, 11) is 0. The average molecular weight is 289 g/mol. The predicted octanol–water partition coefficient (Wildman–Crippen LogP) is 2.69. The van der Waals surface area contributed by atoms with Crippen molar-refractivity contribution in [2.45, 2.75) is 51.5 Å². The normalized spacial score (nSPS) is 17.2. The Morgan fingerprint density at radius 2 is 1.90 bits per heavy atom. The van der Waals surface area contributed by atoms with Crippen molar-refractivity contribution in [3.05, 3.63) is 35.4 Å². The van der Waals surface area contributed by atoms with E-state index in [9.17, 15) is 14.7 Å². The van der Waals surface area contributed by atoms with Crippen LogP contribution >= 0.6 is 0 Å². The van der Waals surface area contributed by atoms with E-state index in [1.807, 2.05) is 31.2 Å². The van der Waals surface area contributed by atoms with Crippen molar-refractivity contribution >= 4 is 11.9 Å². The van der Waals surface area contributed by atoms with Gasteiger partial charge in [0.05, 0.1) is 0 Å². The number of rotatable bonds is 5. The molecular weight excluding hydrogens is 266 g/mol. The van der Waals surface area contributed by atoms with Crippen LogP contribution in [0.2, 0.25) is 0 Å². The van der Waals surface area contributed by atoms with Gasteiger partial charge in [0.25, 0.3) is 0 Å². The number of carbonyl (C=O) groups is 2. The number of hydrogen-bond acceptors (Lipinski definition) is 2. The van der Waals surface area contributed by atoms with Crippen LogP contribution in [0.1, 0.15) is 43.2 Å². The molecule has 0 spiro atoms. The quantitative estimate of drug-likeness (QED) is 0.876. The van der Waals surface area contributed by atoms with E-state index >= 15 is 0 Å². The van der Waals surface area contributed by atoms with Gasteiger partial charge >= 0.3 is 5.97 Å². The standard InChI is InChI=1S/C17H23NO3/c1-12-7-5-6-10-14(12)11-15(17(20)21)18-16(19)13-8-3-2-4-9-13/h5-7,10,13,15H,2-4,8-9,11H2,1H3,(H,18,19)(H,20,21)/t15-/m1/s1. The van der Waals surface area contributed by atoms with E-state index in [1.54, 1.807) is 0 Å².